The van der Waals surface area contributed by atoms with Gasteiger partial charge in [0.2, 0.25) is 11.8 Å². The molecule has 1 saturated heterocycles. The van der Waals surface area contributed by atoms with Gasteiger partial charge in [0, 0.05) is 37.4 Å². The fraction of sp³-hybridized carbons (Fsp3) is 0.535. The van der Waals surface area contributed by atoms with Gasteiger partial charge in [-0.25, -0.2) is 4.98 Å². The van der Waals surface area contributed by atoms with Crippen molar-refractivity contribution in [2.75, 3.05) is 13.6 Å². The highest BCUT2D eigenvalue weighted by atomic mass is 32.1. The van der Waals surface area contributed by atoms with E-state index in [2.05, 4.69) is 20.5 Å². The van der Waals surface area contributed by atoms with Gasteiger partial charge >= 0.3 is 11.9 Å². The Morgan fingerprint density at radius 1 is 1.07 bits per heavy atom. The van der Waals surface area contributed by atoms with Crippen molar-refractivity contribution in [2.45, 2.75) is 122 Å². The number of aliphatic carboxylic acids is 1. The summed E-state index contributed by atoms with van der Waals surface area (Å²) in [6.45, 7) is 10.4. The van der Waals surface area contributed by atoms with E-state index in [9.17, 15) is 34.2 Å². The molecule has 2 aromatic carbocycles. The van der Waals surface area contributed by atoms with Crippen molar-refractivity contribution in [3.05, 3.63) is 81.3 Å². The number of amides is 3. The number of thiazole rings is 1. The van der Waals surface area contributed by atoms with E-state index in [0.717, 1.165) is 36.9 Å². The third-order valence-corrected chi connectivity index (χ3v) is 12.4. The predicted molar refractivity (Wildman–Crippen MR) is 217 cm³/mol. The minimum absolute atomic E-state index is 0.0168. The molecule has 13 nitrogen and oxygen atoms in total. The number of nitrogens with zero attached hydrogens (tertiary/aromatic N) is 3. The largest absolute Gasteiger partial charge is 0.508 e. The van der Waals surface area contributed by atoms with Gasteiger partial charge in [-0.05, 0) is 79.9 Å². The Bertz CT molecular complexity index is 1890. The fourth-order valence-electron chi connectivity index (χ4n) is 8.03. The molecule has 0 spiro atoms. The Balaban J connectivity index is 1.41. The lowest BCUT2D eigenvalue weighted by atomic mass is 9.80. The molecule has 5 rings (SSSR count). The number of phenolic OH excluding ortho intramolecular Hbond substituents is 1. The summed E-state index contributed by atoms with van der Waals surface area (Å²) < 4.78 is 5.89. The number of esters is 1. The lowest BCUT2D eigenvalue weighted by Crippen LogP contribution is -2.58. The number of nitrogens with one attached hydrogen (secondary N) is 2. The maximum absolute atomic E-state index is 15.0. The van der Waals surface area contributed by atoms with Crippen LogP contribution in [0.15, 0.2) is 53.9 Å². The second kappa shape index (κ2) is 19.6. The molecule has 7 atom stereocenters. The Morgan fingerprint density at radius 2 is 1.81 bits per heavy atom. The quantitative estimate of drug-likeness (QED) is 0.129. The zero-order chi connectivity index (χ0) is 41.4. The van der Waals surface area contributed by atoms with Crippen LogP contribution in [0, 0.1) is 11.8 Å². The normalized spacial score (nSPS) is 20.4. The Hall–Kier alpha value is -4.82. The number of hydrogen-bond donors (Lipinski definition) is 4. The summed E-state index contributed by atoms with van der Waals surface area (Å²) >= 11 is 1.17. The van der Waals surface area contributed by atoms with Crippen molar-refractivity contribution in [1.29, 1.82) is 0 Å². The molecule has 2 heterocycles. The second-order valence-corrected chi connectivity index (χ2v) is 16.8. The monoisotopic (exact) mass is 803 g/mol. The van der Waals surface area contributed by atoms with Crippen LogP contribution in [-0.2, 0) is 36.9 Å². The molecule has 2 aliphatic rings. The molecule has 3 unspecified atom stereocenters. The number of piperidine rings is 1. The topological polar surface area (TPSA) is 178 Å². The first kappa shape index (κ1) is 43.3. The number of phenols is 1. The summed E-state index contributed by atoms with van der Waals surface area (Å²) in [6, 6.07) is 12.2. The zero-order valence-electron chi connectivity index (χ0n) is 33.8. The SMILES string of the molecule is CCC(C)C(NC(=O)C1CCCCN1C)C(=O)N(Cc1ccccc1)[C@H](C[C@@H](OC(C)=O)c1nc(C(=O)N[C@H]2Cc3ccc(O)cc3[C@H](C(=O)O)C2)cs1)C(C)C. The summed E-state index contributed by atoms with van der Waals surface area (Å²) in [5.41, 5.74) is 2.27. The number of benzene rings is 2. The van der Waals surface area contributed by atoms with Crippen molar-refractivity contribution >= 4 is 41.0 Å². The van der Waals surface area contributed by atoms with Crippen LogP contribution in [0.5, 0.6) is 5.75 Å². The van der Waals surface area contributed by atoms with Gasteiger partial charge < -0.3 is 30.5 Å². The third kappa shape index (κ3) is 11.0. The van der Waals surface area contributed by atoms with E-state index in [-0.39, 0.29) is 60.5 Å². The number of likely N-dealkylation sites (tertiary alicyclic amines) is 1. The van der Waals surface area contributed by atoms with Crippen LogP contribution in [0.25, 0.3) is 0 Å². The fourth-order valence-corrected chi connectivity index (χ4v) is 8.87. The Kier molecular flexibility index (Phi) is 14.9. The number of carbonyl (C=O) groups is 5. The molecule has 0 saturated carbocycles. The number of ether oxygens (including phenoxy) is 1. The average Bonchev–Trinajstić information content (AvgIpc) is 3.68. The van der Waals surface area contributed by atoms with Crippen LogP contribution in [0.4, 0.5) is 0 Å². The van der Waals surface area contributed by atoms with E-state index in [1.54, 1.807) is 16.3 Å². The summed E-state index contributed by atoms with van der Waals surface area (Å²) in [6.07, 6.45) is 3.18. The number of fused-ring (bicyclic) bond motifs is 1. The molecule has 1 fully saturated rings. The summed E-state index contributed by atoms with van der Waals surface area (Å²) in [5.74, 6) is -3.66. The first-order valence-electron chi connectivity index (χ1n) is 20.0. The molecule has 1 aliphatic carbocycles. The predicted octanol–water partition coefficient (Wildman–Crippen LogP) is 5.82. The van der Waals surface area contributed by atoms with Crippen LogP contribution in [0.1, 0.15) is 117 Å². The number of carboxylic acid groups (broad SMARTS) is 1. The first-order valence-corrected chi connectivity index (χ1v) is 20.9. The van der Waals surface area contributed by atoms with Crippen LogP contribution in [0.3, 0.4) is 0 Å². The van der Waals surface area contributed by atoms with Crippen LogP contribution in [0.2, 0.25) is 0 Å². The van der Waals surface area contributed by atoms with E-state index in [4.69, 9.17) is 4.74 Å². The number of rotatable bonds is 16. The standard InChI is InChI=1S/C43H57N5O8S/c1-7-26(4)38(46-40(52)35-15-11-12-18-47(35)6)42(53)48(23-28-13-9-8-10-14-28)36(25(2)3)22-37(56-27(5)49)41-45-34(24-57-41)39(51)44-30-19-29-16-17-31(50)21-32(29)33(20-30)43(54)55/h8-10,13-14,16-17,21,24-26,30,33,35-38,50H,7,11-12,15,18-20,22-23H2,1-6H3,(H,44,51)(H,46,52)(H,54,55)/t26?,30-,33+,35?,36+,37+,38?/m0/s1. The van der Waals surface area contributed by atoms with Crippen LogP contribution >= 0.6 is 11.3 Å². The molecule has 1 aromatic heterocycles. The number of hydrogen-bond acceptors (Lipinski definition) is 10. The molecular formula is C43H57N5O8S. The molecule has 57 heavy (non-hydrogen) atoms. The molecule has 1 aliphatic heterocycles. The average molecular weight is 804 g/mol. The summed E-state index contributed by atoms with van der Waals surface area (Å²) in [4.78, 5) is 75.5. The van der Waals surface area contributed by atoms with E-state index >= 15 is 0 Å². The van der Waals surface area contributed by atoms with Gasteiger partial charge in [0.05, 0.1) is 12.0 Å². The molecule has 14 heteroatoms. The zero-order valence-corrected chi connectivity index (χ0v) is 34.6. The van der Waals surface area contributed by atoms with Gasteiger partial charge in [-0.15, -0.1) is 11.3 Å². The van der Waals surface area contributed by atoms with Gasteiger partial charge in [0.15, 0.2) is 6.10 Å². The van der Waals surface area contributed by atoms with Gasteiger partial charge in [-0.3, -0.25) is 28.9 Å². The molecule has 0 radical (unpaired) electrons. The third-order valence-electron chi connectivity index (χ3n) is 11.4. The molecule has 0 bridgehead atoms. The van der Waals surface area contributed by atoms with E-state index in [1.807, 2.05) is 65.1 Å². The maximum Gasteiger partial charge on any atom is 0.311 e. The number of aromatic nitrogens is 1. The van der Waals surface area contributed by atoms with Crippen molar-refractivity contribution in [3.63, 3.8) is 0 Å². The van der Waals surface area contributed by atoms with E-state index in [1.165, 1.54) is 30.4 Å². The van der Waals surface area contributed by atoms with Gasteiger partial charge in [0.25, 0.3) is 5.91 Å². The lowest BCUT2D eigenvalue weighted by molar-refractivity contribution is -0.150. The number of likely N-dealkylation sites (N-methyl/N-ethyl adjacent to an activating group) is 1. The van der Waals surface area contributed by atoms with Gasteiger partial charge in [0.1, 0.15) is 22.5 Å². The van der Waals surface area contributed by atoms with Crippen molar-refractivity contribution in [1.82, 2.24) is 25.4 Å². The highest BCUT2D eigenvalue weighted by Gasteiger charge is 2.39. The van der Waals surface area contributed by atoms with Crippen molar-refractivity contribution < 1.29 is 38.9 Å². The number of carboxylic acids is 1. The molecule has 308 valence electrons. The minimum atomic E-state index is -1.05. The van der Waals surface area contributed by atoms with E-state index in [0.29, 0.717) is 23.4 Å². The summed E-state index contributed by atoms with van der Waals surface area (Å²) in [5, 5.41) is 28.0. The molecular weight excluding hydrogens is 747 g/mol. The van der Waals surface area contributed by atoms with Crippen molar-refractivity contribution in [2.24, 2.45) is 11.8 Å². The highest BCUT2D eigenvalue weighted by Crippen LogP contribution is 2.35. The van der Waals surface area contributed by atoms with Gasteiger partial charge in [-0.2, -0.15) is 0 Å². The van der Waals surface area contributed by atoms with Crippen molar-refractivity contribution in [3.8, 4) is 5.75 Å². The minimum Gasteiger partial charge on any atom is -0.508 e. The Morgan fingerprint density at radius 3 is 2.46 bits per heavy atom. The van der Waals surface area contributed by atoms with Crippen LogP contribution < -0.4 is 10.6 Å². The lowest BCUT2D eigenvalue weighted by Gasteiger charge is -2.40. The molecule has 3 amide bonds. The smallest absolute Gasteiger partial charge is 0.311 e. The van der Waals surface area contributed by atoms with E-state index < -0.39 is 48.0 Å². The number of aromatic hydroxyl groups is 1. The first-order chi connectivity index (χ1) is 27.2. The second-order valence-electron chi connectivity index (χ2n) is 15.9. The van der Waals surface area contributed by atoms with Crippen LogP contribution in [-0.4, -0.2) is 92.4 Å². The number of carbonyl (C=O) groups excluding carboxylic acids is 4. The Labute approximate surface area is 339 Å². The molecule has 3 aromatic rings. The highest BCUT2D eigenvalue weighted by molar-refractivity contribution is 7.09. The maximum atomic E-state index is 15.0. The van der Waals surface area contributed by atoms with Gasteiger partial charge in [-0.1, -0.05) is 76.9 Å². The molecule has 4 N–H and O–H groups in total. The summed E-state index contributed by atoms with van der Waals surface area (Å²) in [7, 11) is 1.94.